The third-order valence-electron chi connectivity index (χ3n) is 1.90. The number of hydrogen-bond acceptors (Lipinski definition) is 3. The maximum absolute atomic E-state index is 11.3. The molecule has 1 aromatic heterocycles. The molecule has 0 aliphatic rings. The lowest BCUT2D eigenvalue weighted by Gasteiger charge is -2.07. The van der Waals surface area contributed by atoms with Gasteiger partial charge in [-0.2, -0.15) is 11.3 Å². The Morgan fingerprint density at radius 3 is 2.93 bits per heavy atom. The first-order valence-corrected chi connectivity index (χ1v) is 6.11. The van der Waals surface area contributed by atoms with Gasteiger partial charge in [-0.05, 0) is 28.3 Å². The minimum atomic E-state index is 0.0685. The molecule has 0 bridgehead atoms. The summed E-state index contributed by atoms with van der Waals surface area (Å²) in [6.07, 6.45) is 0. The van der Waals surface area contributed by atoms with E-state index >= 15 is 0 Å². The van der Waals surface area contributed by atoms with Gasteiger partial charge in [-0.25, -0.2) is 0 Å². The quantitative estimate of drug-likeness (QED) is 0.774. The topological polar surface area (TPSA) is 41.1 Å². The third kappa shape index (κ3) is 5.54. The Balaban J connectivity index is 2.07. The van der Waals surface area contributed by atoms with Gasteiger partial charge in [-0.3, -0.25) is 4.79 Å². The molecule has 0 spiro atoms. The molecule has 0 aromatic carbocycles. The zero-order valence-electron chi connectivity index (χ0n) is 9.25. The lowest BCUT2D eigenvalue weighted by atomic mass is 10.2. The average molecular weight is 226 g/mol. The fraction of sp³-hybridized carbons (Fsp3) is 0.545. The highest BCUT2D eigenvalue weighted by Gasteiger charge is 2.01. The molecule has 15 heavy (non-hydrogen) atoms. The normalized spacial score (nSPS) is 10.6. The van der Waals surface area contributed by atoms with Crippen LogP contribution in [0.3, 0.4) is 0 Å². The van der Waals surface area contributed by atoms with Gasteiger partial charge in [-0.1, -0.05) is 13.8 Å². The molecule has 0 saturated carbocycles. The van der Waals surface area contributed by atoms with Crippen LogP contribution in [0.25, 0.3) is 0 Å². The Morgan fingerprint density at radius 2 is 2.33 bits per heavy atom. The zero-order chi connectivity index (χ0) is 11.1. The SMILES string of the molecule is CC(C)CNC(=O)CNCc1ccsc1. The molecule has 0 unspecified atom stereocenters. The van der Waals surface area contributed by atoms with E-state index in [2.05, 4.69) is 35.9 Å². The Kier molecular flexibility index (Phi) is 5.36. The maximum Gasteiger partial charge on any atom is 0.233 e. The molecule has 2 N–H and O–H groups in total. The summed E-state index contributed by atoms with van der Waals surface area (Å²) in [7, 11) is 0. The van der Waals surface area contributed by atoms with Crippen LogP contribution in [0.2, 0.25) is 0 Å². The highest BCUT2D eigenvalue weighted by Crippen LogP contribution is 2.04. The number of hydrogen-bond donors (Lipinski definition) is 2. The van der Waals surface area contributed by atoms with Gasteiger partial charge in [0.15, 0.2) is 0 Å². The predicted molar refractivity (Wildman–Crippen MR) is 63.9 cm³/mol. The third-order valence-corrected chi connectivity index (χ3v) is 2.63. The Bertz CT molecular complexity index is 283. The molecule has 4 heteroatoms. The molecule has 0 fully saturated rings. The Labute approximate surface area is 94.9 Å². The van der Waals surface area contributed by atoms with Crippen LogP contribution in [0.5, 0.6) is 0 Å². The van der Waals surface area contributed by atoms with E-state index in [1.165, 1.54) is 5.56 Å². The predicted octanol–water partition coefficient (Wildman–Crippen LogP) is 1.61. The van der Waals surface area contributed by atoms with Gasteiger partial charge in [0.2, 0.25) is 5.91 Å². The zero-order valence-corrected chi connectivity index (χ0v) is 10.1. The fourth-order valence-electron chi connectivity index (χ4n) is 1.09. The van der Waals surface area contributed by atoms with E-state index < -0.39 is 0 Å². The van der Waals surface area contributed by atoms with Crippen molar-refractivity contribution in [1.29, 1.82) is 0 Å². The van der Waals surface area contributed by atoms with Crippen molar-refractivity contribution in [3.05, 3.63) is 22.4 Å². The molecule has 84 valence electrons. The first-order chi connectivity index (χ1) is 7.18. The standard InChI is InChI=1S/C11H18N2OS/c1-9(2)5-13-11(14)7-12-6-10-3-4-15-8-10/h3-4,8-9,12H,5-7H2,1-2H3,(H,13,14). The van der Waals surface area contributed by atoms with Crippen molar-refractivity contribution in [2.45, 2.75) is 20.4 Å². The molecule has 3 nitrogen and oxygen atoms in total. The molecule has 0 atom stereocenters. The largest absolute Gasteiger partial charge is 0.355 e. The highest BCUT2D eigenvalue weighted by molar-refractivity contribution is 7.07. The van der Waals surface area contributed by atoms with Crippen molar-refractivity contribution >= 4 is 17.2 Å². The fourth-order valence-corrected chi connectivity index (χ4v) is 1.76. The van der Waals surface area contributed by atoms with E-state index in [4.69, 9.17) is 0 Å². The smallest absolute Gasteiger partial charge is 0.233 e. The number of thiophene rings is 1. The second kappa shape index (κ2) is 6.58. The van der Waals surface area contributed by atoms with E-state index in [0.717, 1.165) is 13.1 Å². The summed E-state index contributed by atoms with van der Waals surface area (Å²) in [4.78, 5) is 11.3. The van der Waals surface area contributed by atoms with Crippen LogP contribution in [0.1, 0.15) is 19.4 Å². The molecule has 1 aromatic rings. The Hall–Kier alpha value is -0.870. The van der Waals surface area contributed by atoms with Crippen LogP contribution in [0.15, 0.2) is 16.8 Å². The number of nitrogens with one attached hydrogen (secondary N) is 2. The van der Waals surface area contributed by atoms with Crippen LogP contribution < -0.4 is 10.6 Å². The van der Waals surface area contributed by atoms with Gasteiger partial charge < -0.3 is 10.6 Å². The van der Waals surface area contributed by atoms with Gasteiger partial charge in [0.25, 0.3) is 0 Å². The van der Waals surface area contributed by atoms with Crippen LogP contribution in [0.4, 0.5) is 0 Å². The molecule has 0 aliphatic carbocycles. The molecule has 1 heterocycles. The van der Waals surface area contributed by atoms with Crippen LogP contribution in [-0.4, -0.2) is 19.0 Å². The summed E-state index contributed by atoms with van der Waals surface area (Å²) in [6.45, 7) is 6.07. The highest BCUT2D eigenvalue weighted by atomic mass is 32.1. The van der Waals surface area contributed by atoms with Crippen LogP contribution >= 0.6 is 11.3 Å². The van der Waals surface area contributed by atoms with Gasteiger partial charge in [-0.15, -0.1) is 0 Å². The summed E-state index contributed by atoms with van der Waals surface area (Å²) in [5.74, 6) is 0.574. The van der Waals surface area contributed by atoms with Crippen molar-refractivity contribution in [1.82, 2.24) is 10.6 Å². The van der Waals surface area contributed by atoms with Gasteiger partial charge in [0.1, 0.15) is 0 Å². The lowest BCUT2D eigenvalue weighted by Crippen LogP contribution is -2.35. The summed E-state index contributed by atoms with van der Waals surface area (Å²) in [5.41, 5.74) is 1.23. The molecule has 0 radical (unpaired) electrons. The average Bonchev–Trinajstić information content (AvgIpc) is 2.67. The Morgan fingerprint density at radius 1 is 1.53 bits per heavy atom. The first kappa shape index (κ1) is 12.2. The minimum absolute atomic E-state index is 0.0685. The lowest BCUT2D eigenvalue weighted by molar-refractivity contribution is -0.120. The second-order valence-corrected chi connectivity index (χ2v) is 4.71. The maximum atomic E-state index is 11.3. The van der Waals surface area contributed by atoms with E-state index in [9.17, 15) is 4.79 Å². The molecular weight excluding hydrogens is 208 g/mol. The van der Waals surface area contributed by atoms with Crippen molar-refractivity contribution in [2.75, 3.05) is 13.1 Å². The van der Waals surface area contributed by atoms with Crippen molar-refractivity contribution in [3.8, 4) is 0 Å². The number of carbonyl (C=O) groups is 1. The van der Waals surface area contributed by atoms with E-state index in [1.54, 1.807) is 11.3 Å². The van der Waals surface area contributed by atoms with Gasteiger partial charge in [0, 0.05) is 13.1 Å². The molecular formula is C11H18N2OS. The molecule has 1 amide bonds. The molecule has 1 rings (SSSR count). The van der Waals surface area contributed by atoms with Crippen molar-refractivity contribution in [2.24, 2.45) is 5.92 Å². The van der Waals surface area contributed by atoms with E-state index in [0.29, 0.717) is 12.5 Å². The van der Waals surface area contributed by atoms with Crippen LogP contribution in [-0.2, 0) is 11.3 Å². The van der Waals surface area contributed by atoms with Crippen LogP contribution in [0, 0.1) is 5.92 Å². The second-order valence-electron chi connectivity index (χ2n) is 3.93. The molecule has 0 saturated heterocycles. The van der Waals surface area contributed by atoms with Gasteiger partial charge in [0.05, 0.1) is 6.54 Å². The number of amides is 1. The van der Waals surface area contributed by atoms with Crippen molar-refractivity contribution in [3.63, 3.8) is 0 Å². The van der Waals surface area contributed by atoms with Crippen molar-refractivity contribution < 1.29 is 4.79 Å². The molecule has 0 aliphatic heterocycles. The summed E-state index contributed by atoms with van der Waals surface area (Å²) < 4.78 is 0. The van der Waals surface area contributed by atoms with Gasteiger partial charge >= 0.3 is 0 Å². The number of rotatable bonds is 6. The number of carbonyl (C=O) groups excluding carboxylic acids is 1. The minimum Gasteiger partial charge on any atom is -0.355 e. The van der Waals surface area contributed by atoms with E-state index in [1.807, 2.05) is 5.38 Å². The summed E-state index contributed by atoms with van der Waals surface area (Å²) in [5, 5.41) is 10.1. The van der Waals surface area contributed by atoms with E-state index in [-0.39, 0.29) is 5.91 Å². The summed E-state index contributed by atoms with van der Waals surface area (Å²) >= 11 is 1.67. The monoisotopic (exact) mass is 226 g/mol. The summed E-state index contributed by atoms with van der Waals surface area (Å²) in [6, 6.07) is 2.06. The first-order valence-electron chi connectivity index (χ1n) is 5.17.